The smallest absolute Gasteiger partial charge is 0.355 e. The number of nitrogens with zero attached hydrogens (tertiary/aromatic N) is 1. The van der Waals surface area contributed by atoms with Gasteiger partial charge in [-0.05, 0) is 49.6 Å². The van der Waals surface area contributed by atoms with Gasteiger partial charge in [-0.25, -0.2) is 4.79 Å². The zero-order valence-electron chi connectivity index (χ0n) is 20.7. The molecule has 0 unspecified atom stereocenters. The first-order chi connectivity index (χ1) is 17.3. The predicted molar refractivity (Wildman–Crippen MR) is 136 cm³/mol. The average Bonchev–Trinajstić information content (AvgIpc) is 2.87. The van der Waals surface area contributed by atoms with Gasteiger partial charge in [0, 0.05) is 0 Å². The van der Waals surface area contributed by atoms with Crippen LogP contribution in [0.15, 0.2) is 65.9 Å². The van der Waals surface area contributed by atoms with E-state index in [1.807, 2.05) is 56.3 Å². The third-order valence-corrected chi connectivity index (χ3v) is 7.39. The van der Waals surface area contributed by atoms with Crippen LogP contribution in [0.4, 0.5) is 0 Å². The number of carbonyl (C=O) groups is 3. The molecule has 3 atom stereocenters. The van der Waals surface area contributed by atoms with Crippen LogP contribution in [-0.2, 0) is 36.9 Å². The van der Waals surface area contributed by atoms with Gasteiger partial charge in [0.05, 0.1) is 19.6 Å². The summed E-state index contributed by atoms with van der Waals surface area (Å²) in [6.07, 6.45) is 0.0713. The summed E-state index contributed by atoms with van der Waals surface area (Å²) in [6.45, 7) is 5.64. The standard InChI is InChI=1S/C27H30N2O6S/c1-16(2)35-27-17(3)23(26(32)34-15-19-10-12-20(33-4)13-11-19)29-24(31)22(25(29)36-27)28-21(30)14-18-8-6-5-7-9-18/h5-13,16,22,25,27H,14-15H2,1-4H3,(H,28,30)/t22-,25-,27-/m0/s1. The van der Waals surface area contributed by atoms with Crippen LogP contribution in [0.5, 0.6) is 5.75 Å². The second kappa shape index (κ2) is 11.2. The van der Waals surface area contributed by atoms with E-state index < -0.39 is 22.8 Å². The molecule has 1 saturated heterocycles. The summed E-state index contributed by atoms with van der Waals surface area (Å²) in [4.78, 5) is 40.4. The number of nitrogens with one attached hydrogen (secondary N) is 1. The summed E-state index contributed by atoms with van der Waals surface area (Å²) in [7, 11) is 1.58. The zero-order chi connectivity index (χ0) is 25.8. The lowest BCUT2D eigenvalue weighted by Gasteiger charge is -2.51. The van der Waals surface area contributed by atoms with Crippen molar-refractivity contribution in [1.82, 2.24) is 10.2 Å². The van der Waals surface area contributed by atoms with Gasteiger partial charge in [0.2, 0.25) is 5.91 Å². The highest BCUT2D eigenvalue weighted by molar-refractivity contribution is 8.00. The minimum absolute atomic E-state index is 0.0480. The number of carbonyl (C=O) groups excluding carboxylic acids is 3. The lowest BCUT2D eigenvalue weighted by molar-refractivity contribution is -0.153. The summed E-state index contributed by atoms with van der Waals surface area (Å²) in [6, 6.07) is 15.8. The Morgan fingerprint density at radius 1 is 1.06 bits per heavy atom. The second-order valence-corrected chi connectivity index (χ2v) is 10.1. The molecule has 2 aliphatic rings. The van der Waals surface area contributed by atoms with Crippen molar-refractivity contribution < 1.29 is 28.6 Å². The van der Waals surface area contributed by atoms with Crippen molar-refractivity contribution in [2.24, 2.45) is 0 Å². The van der Waals surface area contributed by atoms with Gasteiger partial charge in [-0.3, -0.25) is 14.5 Å². The third-order valence-electron chi connectivity index (χ3n) is 5.92. The number of esters is 1. The maximum absolute atomic E-state index is 13.2. The van der Waals surface area contributed by atoms with Crippen LogP contribution in [0.3, 0.4) is 0 Å². The Morgan fingerprint density at radius 2 is 1.75 bits per heavy atom. The van der Waals surface area contributed by atoms with Gasteiger partial charge in [0.15, 0.2) is 0 Å². The SMILES string of the molecule is COc1ccc(COC(=O)C2=C(C)[C@@H](OC(C)C)S[C@H]3[C@@H](NC(=O)Cc4ccccc4)C(=O)N23)cc1. The van der Waals surface area contributed by atoms with E-state index in [0.717, 1.165) is 11.1 Å². The number of rotatable bonds is 9. The Balaban J connectivity index is 1.48. The molecule has 36 heavy (non-hydrogen) atoms. The fourth-order valence-corrected chi connectivity index (χ4v) is 5.62. The van der Waals surface area contributed by atoms with E-state index in [1.165, 1.54) is 16.7 Å². The number of benzene rings is 2. The van der Waals surface area contributed by atoms with Crippen molar-refractivity contribution in [1.29, 1.82) is 0 Å². The number of ether oxygens (including phenoxy) is 3. The van der Waals surface area contributed by atoms with Gasteiger partial charge in [0.25, 0.3) is 5.91 Å². The van der Waals surface area contributed by atoms with Gasteiger partial charge in [0.1, 0.15) is 34.9 Å². The molecule has 2 amide bonds. The topological polar surface area (TPSA) is 94.2 Å². The van der Waals surface area contributed by atoms with Crippen LogP contribution in [0.1, 0.15) is 31.9 Å². The molecule has 8 nitrogen and oxygen atoms in total. The first-order valence-corrected chi connectivity index (χ1v) is 12.7. The first kappa shape index (κ1) is 25.8. The van der Waals surface area contributed by atoms with E-state index in [0.29, 0.717) is 11.3 Å². The molecule has 4 rings (SSSR count). The number of β-lactam (4-membered cyclic amide) rings is 1. The predicted octanol–water partition coefficient (Wildman–Crippen LogP) is 3.41. The van der Waals surface area contributed by atoms with Crippen molar-refractivity contribution in [3.05, 3.63) is 77.0 Å². The molecule has 0 bridgehead atoms. The van der Waals surface area contributed by atoms with Crippen molar-refractivity contribution in [3.8, 4) is 5.75 Å². The molecule has 0 radical (unpaired) electrons. The summed E-state index contributed by atoms with van der Waals surface area (Å²) < 4.78 is 16.8. The first-order valence-electron chi connectivity index (χ1n) is 11.8. The fraction of sp³-hybridized carbons (Fsp3) is 0.370. The fourth-order valence-electron chi connectivity index (χ4n) is 4.09. The highest BCUT2D eigenvalue weighted by atomic mass is 32.2. The Bertz CT molecular complexity index is 1150. The zero-order valence-corrected chi connectivity index (χ0v) is 21.5. The van der Waals surface area contributed by atoms with E-state index >= 15 is 0 Å². The molecule has 0 aliphatic carbocycles. The van der Waals surface area contributed by atoms with E-state index in [9.17, 15) is 14.4 Å². The Hall–Kier alpha value is -3.30. The molecule has 0 aromatic heterocycles. The lowest BCUT2D eigenvalue weighted by Crippen LogP contribution is -2.71. The number of hydrogen-bond acceptors (Lipinski definition) is 7. The molecule has 2 aromatic rings. The van der Waals surface area contributed by atoms with Gasteiger partial charge in [-0.1, -0.05) is 54.2 Å². The van der Waals surface area contributed by atoms with Crippen LogP contribution >= 0.6 is 11.8 Å². The molecule has 9 heteroatoms. The third kappa shape index (κ3) is 5.57. The number of fused-ring (bicyclic) bond motifs is 1. The highest BCUT2D eigenvalue weighted by Crippen LogP contribution is 2.45. The monoisotopic (exact) mass is 510 g/mol. The Labute approximate surface area is 215 Å². The van der Waals surface area contributed by atoms with Crippen molar-refractivity contribution in [2.75, 3.05) is 7.11 Å². The summed E-state index contributed by atoms with van der Waals surface area (Å²) in [5.74, 6) is -0.493. The molecular weight excluding hydrogens is 480 g/mol. The maximum Gasteiger partial charge on any atom is 0.355 e. The largest absolute Gasteiger partial charge is 0.497 e. The van der Waals surface area contributed by atoms with Crippen LogP contribution in [-0.4, -0.2) is 52.7 Å². The Morgan fingerprint density at radius 3 is 2.39 bits per heavy atom. The minimum atomic E-state index is -0.748. The number of methoxy groups -OCH3 is 1. The molecule has 1 N–H and O–H groups in total. The van der Waals surface area contributed by atoms with Crippen LogP contribution in [0, 0.1) is 0 Å². The molecule has 190 valence electrons. The van der Waals surface area contributed by atoms with Crippen LogP contribution < -0.4 is 10.1 Å². The lowest BCUT2D eigenvalue weighted by atomic mass is 10.0. The highest BCUT2D eigenvalue weighted by Gasteiger charge is 2.56. The summed E-state index contributed by atoms with van der Waals surface area (Å²) in [5.41, 5.74) is 1.99. The van der Waals surface area contributed by atoms with E-state index in [1.54, 1.807) is 26.2 Å². The van der Waals surface area contributed by atoms with Crippen molar-refractivity contribution >= 4 is 29.5 Å². The van der Waals surface area contributed by atoms with Crippen LogP contribution in [0.2, 0.25) is 0 Å². The number of thioether (sulfide) groups is 1. The van der Waals surface area contributed by atoms with Crippen molar-refractivity contribution in [2.45, 2.75) is 56.8 Å². The molecule has 0 saturated carbocycles. The summed E-state index contributed by atoms with van der Waals surface area (Å²) in [5, 5.41) is 2.37. The number of amides is 2. The number of hydrogen-bond donors (Lipinski definition) is 1. The summed E-state index contributed by atoms with van der Waals surface area (Å²) >= 11 is 1.41. The minimum Gasteiger partial charge on any atom is -0.497 e. The van der Waals surface area contributed by atoms with E-state index in [4.69, 9.17) is 14.2 Å². The molecule has 2 heterocycles. The molecule has 2 aliphatic heterocycles. The molecule has 1 fully saturated rings. The van der Waals surface area contributed by atoms with Crippen molar-refractivity contribution in [3.63, 3.8) is 0 Å². The maximum atomic E-state index is 13.2. The molecular formula is C27H30N2O6S. The normalized spacial score (nSPS) is 21.1. The second-order valence-electron chi connectivity index (χ2n) is 8.92. The van der Waals surface area contributed by atoms with Gasteiger partial charge in [-0.2, -0.15) is 0 Å². The van der Waals surface area contributed by atoms with E-state index in [-0.39, 0.29) is 36.6 Å². The van der Waals surface area contributed by atoms with Gasteiger partial charge < -0.3 is 19.5 Å². The quantitative estimate of drug-likeness (QED) is 0.408. The van der Waals surface area contributed by atoms with Crippen LogP contribution in [0.25, 0.3) is 0 Å². The molecule has 2 aromatic carbocycles. The van der Waals surface area contributed by atoms with Gasteiger partial charge >= 0.3 is 5.97 Å². The van der Waals surface area contributed by atoms with E-state index in [2.05, 4.69) is 5.32 Å². The average molecular weight is 511 g/mol. The Kier molecular flexibility index (Phi) is 8.01. The van der Waals surface area contributed by atoms with Gasteiger partial charge in [-0.15, -0.1) is 0 Å². The molecule has 0 spiro atoms.